The van der Waals surface area contributed by atoms with E-state index in [1.54, 1.807) is 0 Å². The van der Waals surface area contributed by atoms with Crippen LogP contribution in [-0.2, 0) is 5.41 Å². The summed E-state index contributed by atoms with van der Waals surface area (Å²) in [5.74, 6) is 0. The van der Waals surface area contributed by atoms with Crippen LogP contribution in [0.2, 0.25) is 0 Å². The number of fused-ring (bicyclic) bond motifs is 20. The van der Waals surface area contributed by atoms with Gasteiger partial charge in [0.2, 0.25) is 0 Å². The number of benzene rings is 16. The molecule has 0 saturated heterocycles. The number of hydrogen-bond acceptors (Lipinski definition) is 0. The molecule has 0 nitrogen and oxygen atoms in total. The fourth-order valence-electron chi connectivity index (χ4n) is 13.2. The molecule has 16 aromatic carbocycles. The average Bonchev–Trinajstić information content (AvgIpc) is 3.46. The van der Waals surface area contributed by atoms with Crippen molar-refractivity contribution in [3.05, 3.63) is 289 Å². The Labute approximate surface area is 421 Å². The van der Waals surface area contributed by atoms with Crippen LogP contribution in [0.4, 0.5) is 0 Å². The van der Waals surface area contributed by atoms with Gasteiger partial charge in [-0.15, -0.1) is 0 Å². The van der Waals surface area contributed by atoms with E-state index in [0.717, 1.165) is 0 Å². The van der Waals surface area contributed by atoms with Gasteiger partial charge in [-0.1, -0.05) is 243 Å². The topological polar surface area (TPSA) is 0 Å². The van der Waals surface area contributed by atoms with E-state index < -0.39 is 5.41 Å². The van der Waals surface area contributed by atoms with E-state index in [2.05, 4.69) is 267 Å². The first-order valence-electron chi connectivity index (χ1n) is 25.5. The van der Waals surface area contributed by atoms with E-state index >= 15 is 0 Å². The molecule has 0 saturated carbocycles. The molecule has 0 aliphatic heterocycles. The normalized spacial score (nSPS) is 12.4. The van der Waals surface area contributed by atoms with Gasteiger partial charge < -0.3 is 0 Å². The fraction of sp³-hybridized carbons (Fsp3) is 0.0137. The summed E-state index contributed by atoms with van der Waals surface area (Å²) in [5.41, 5.74) is 4.05. The van der Waals surface area contributed by atoms with Gasteiger partial charge in [0.25, 0.3) is 0 Å². The van der Waals surface area contributed by atoms with E-state index in [-0.39, 0.29) is 0 Å². The van der Waals surface area contributed by atoms with Crippen molar-refractivity contribution in [3.63, 3.8) is 0 Å². The third kappa shape index (κ3) is 5.84. The number of rotatable bonds is 4. The molecule has 0 heteroatoms. The molecule has 0 radical (unpaired) electrons. The molecule has 0 atom stereocenters. The van der Waals surface area contributed by atoms with Crippen LogP contribution < -0.4 is 0 Å². The summed E-state index contributed by atoms with van der Waals surface area (Å²) in [6.07, 6.45) is 0. The third-order valence-corrected chi connectivity index (χ3v) is 16.6. The Bertz CT molecular complexity index is 4370. The Morgan fingerprint density at radius 2 is 0.329 bits per heavy atom. The molecule has 0 spiro atoms. The lowest BCUT2D eigenvalue weighted by Crippen LogP contribution is -2.31. The quantitative estimate of drug-likeness (QED) is 0.122. The van der Waals surface area contributed by atoms with Gasteiger partial charge in [-0.05, 0) is 176 Å². The summed E-state index contributed by atoms with van der Waals surface area (Å²) >= 11 is 0. The summed E-state index contributed by atoms with van der Waals surface area (Å²) in [6.45, 7) is 0. The van der Waals surface area contributed by atoms with Gasteiger partial charge in [0.05, 0.1) is 5.41 Å². The lowest BCUT2D eigenvalue weighted by molar-refractivity contribution is 0.751. The highest BCUT2D eigenvalue weighted by atomic mass is 14.4. The summed E-state index contributed by atoms with van der Waals surface area (Å²) < 4.78 is 0. The second-order valence-electron chi connectivity index (χ2n) is 20.3. The van der Waals surface area contributed by atoms with Gasteiger partial charge in [-0.3, -0.25) is 0 Å². The molecule has 0 aliphatic rings. The zero-order chi connectivity index (χ0) is 47.8. The summed E-state index contributed by atoms with van der Waals surface area (Å²) in [7, 11) is 0. The monoisotopic (exact) mass is 920 g/mol. The molecule has 0 N–H and O–H groups in total. The minimum Gasteiger partial charge on any atom is -0.0616 e. The van der Waals surface area contributed by atoms with E-state index in [9.17, 15) is 0 Å². The molecule has 0 amide bonds. The summed E-state index contributed by atoms with van der Waals surface area (Å²) in [4.78, 5) is 0. The maximum Gasteiger partial charge on any atom is 0.0702 e. The van der Waals surface area contributed by atoms with E-state index in [1.807, 2.05) is 0 Å². The van der Waals surface area contributed by atoms with Crippen LogP contribution in [0.15, 0.2) is 267 Å². The van der Waals surface area contributed by atoms with Crippen molar-refractivity contribution in [1.82, 2.24) is 0 Å². The third-order valence-electron chi connectivity index (χ3n) is 16.6. The minimum atomic E-state index is -0.830. The standard InChI is InChI=1S/C73H44/c1-5-13-61-45(9-1)17-25-53-29-21-49-33-37-57(41-65(49)69(53)61)73(58-38-34-50-22-30-54-26-18-46-10-2-6-14-62(46)70(54)66(50)42-58,59-39-35-51-23-31-55-27-19-47-11-3-7-15-63(47)71(55)67(51)43-59)60-40-36-52-24-32-56-28-20-48-12-4-8-16-64(48)72(56)68(52)44-60/h1-44H. The van der Waals surface area contributed by atoms with Crippen LogP contribution in [0.25, 0.3) is 129 Å². The first-order valence-corrected chi connectivity index (χ1v) is 25.5. The zero-order valence-electron chi connectivity index (χ0n) is 39.9. The maximum absolute atomic E-state index is 2.55. The molecule has 16 aromatic rings. The van der Waals surface area contributed by atoms with Gasteiger partial charge in [0.1, 0.15) is 0 Å². The molecular formula is C73H44. The summed E-state index contributed by atoms with van der Waals surface area (Å²) in [5, 5.41) is 30.1. The van der Waals surface area contributed by atoms with Crippen LogP contribution in [-0.4, -0.2) is 0 Å². The van der Waals surface area contributed by atoms with Crippen molar-refractivity contribution in [2.75, 3.05) is 0 Å². The van der Waals surface area contributed by atoms with Crippen LogP contribution >= 0.6 is 0 Å². The van der Waals surface area contributed by atoms with Crippen molar-refractivity contribution < 1.29 is 0 Å². The molecule has 0 aromatic heterocycles. The Kier molecular flexibility index (Phi) is 8.47. The first kappa shape index (κ1) is 40.4. The molecule has 0 fully saturated rings. The average molecular weight is 921 g/mol. The van der Waals surface area contributed by atoms with Crippen LogP contribution in [0, 0.1) is 0 Å². The lowest BCUT2D eigenvalue weighted by Gasteiger charge is -2.38. The van der Waals surface area contributed by atoms with Crippen molar-refractivity contribution >= 4 is 129 Å². The maximum atomic E-state index is 2.55. The SMILES string of the molecule is c1ccc2c(c1)ccc1ccc3ccc(C(c4ccc5ccc6ccc7ccccc7c6c5c4)(c4ccc5ccc6ccc7ccccc7c6c5c4)c4ccc5ccc6ccc7ccccc7c6c5c4)cc3c12. The minimum absolute atomic E-state index is 0.830. The van der Waals surface area contributed by atoms with E-state index in [1.165, 1.54) is 152 Å². The predicted octanol–water partition coefficient (Wildman–Crippen LogP) is 19.9. The van der Waals surface area contributed by atoms with Gasteiger partial charge in [0.15, 0.2) is 0 Å². The van der Waals surface area contributed by atoms with Crippen molar-refractivity contribution in [1.29, 1.82) is 0 Å². The highest BCUT2D eigenvalue weighted by Crippen LogP contribution is 2.51. The molecule has 0 unspecified atom stereocenters. The summed E-state index contributed by atoms with van der Waals surface area (Å²) in [6, 6.07) is 102. The highest BCUT2D eigenvalue weighted by Gasteiger charge is 2.40. The van der Waals surface area contributed by atoms with E-state index in [0.29, 0.717) is 0 Å². The molecular weight excluding hydrogens is 877 g/mol. The second-order valence-corrected chi connectivity index (χ2v) is 20.3. The first-order chi connectivity index (χ1) is 36.2. The lowest BCUT2D eigenvalue weighted by atomic mass is 9.64. The highest BCUT2D eigenvalue weighted by molar-refractivity contribution is 6.24. The number of hydrogen-bond donors (Lipinski definition) is 0. The van der Waals surface area contributed by atoms with Gasteiger partial charge in [-0.2, -0.15) is 0 Å². The molecule has 73 heavy (non-hydrogen) atoms. The largest absolute Gasteiger partial charge is 0.0702 e. The smallest absolute Gasteiger partial charge is 0.0616 e. The van der Waals surface area contributed by atoms with E-state index in [4.69, 9.17) is 0 Å². The fourth-order valence-corrected chi connectivity index (χ4v) is 13.2. The van der Waals surface area contributed by atoms with Crippen molar-refractivity contribution in [2.45, 2.75) is 5.41 Å². The molecule has 16 rings (SSSR count). The predicted molar refractivity (Wildman–Crippen MR) is 315 cm³/mol. The molecule has 0 bridgehead atoms. The van der Waals surface area contributed by atoms with Crippen molar-refractivity contribution in [3.8, 4) is 0 Å². The molecule has 0 heterocycles. The van der Waals surface area contributed by atoms with Crippen molar-refractivity contribution in [2.24, 2.45) is 0 Å². The second kappa shape index (κ2) is 15.3. The van der Waals surface area contributed by atoms with Gasteiger partial charge in [0, 0.05) is 0 Å². The van der Waals surface area contributed by atoms with Crippen LogP contribution in [0.5, 0.6) is 0 Å². The Balaban J connectivity index is 1.13. The van der Waals surface area contributed by atoms with Crippen LogP contribution in [0.1, 0.15) is 22.3 Å². The molecule has 0 aliphatic carbocycles. The molecule has 336 valence electrons. The Morgan fingerprint density at radius 3 is 0.562 bits per heavy atom. The zero-order valence-corrected chi connectivity index (χ0v) is 39.9. The van der Waals surface area contributed by atoms with Gasteiger partial charge in [-0.25, -0.2) is 0 Å². The Hall–Kier alpha value is -9.36. The van der Waals surface area contributed by atoms with Crippen LogP contribution in [0.3, 0.4) is 0 Å². The van der Waals surface area contributed by atoms with Gasteiger partial charge >= 0.3 is 0 Å². The Morgan fingerprint density at radius 1 is 0.151 bits per heavy atom.